The first-order valence-electron chi connectivity index (χ1n) is 8.42. The van der Waals surface area contributed by atoms with Crippen molar-refractivity contribution in [2.75, 3.05) is 26.2 Å². The van der Waals surface area contributed by atoms with Gasteiger partial charge in [-0.2, -0.15) is 0 Å². The van der Waals surface area contributed by atoms with Crippen LogP contribution >= 0.6 is 11.3 Å². The van der Waals surface area contributed by atoms with Gasteiger partial charge in [0.1, 0.15) is 0 Å². The quantitative estimate of drug-likeness (QED) is 0.904. The summed E-state index contributed by atoms with van der Waals surface area (Å²) in [5, 5.41) is 2.04. The maximum absolute atomic E-state index is 12.4. The lowest BCUT2D eigenvalue weighted by Crippen LogP contribution is -2.38. The zero-order valence-electron chi connectivity index (χ0n) is 13.7. The molecule has 128 valence electrons. The Labute approximate surface area is 146 Å². The van der Waals surface area contributed by atoms with Gasteiger partial charge in [-0.1, -0.05) is 6.07 Å². The van der Waals surface area contributed by atoms with Gasteiger partial charge in [-0.25, -0.2) is 0 Å². The van der Waals surface area contributed by atoms with E-state index in [1.165, 1.54) is 4.88 Å². The molecule has 3 heterocycles. The van der Waals surface area contributed by atoms with Crippen LogP contribution in [0.5, 0.6) is 0 Å². The Hall–Kier alpha value is -2.08. The number of rotatable bonds is 5. The summed E-state index contributed by atoms with van der Waals surface area (Å²) in [4.78, 5) is 32.9. The lowest BCUT2D eigenvalue weighted by molar-refractivity contribution is -0.133. The molecule has 1 saturated heterocycles. The highest BCUT2D eigenvalue weighted by Gasteiger charge is 2.22. The zero-order valence-corrected chi connectivity index (χ0v) is 14.6. The van der Waals surface area contributed by atoms with E-state index in [0.29, 0.717) is 25.9 Å². The molecule has 5 nitrogen and oxygen atoms in total. The monoisotopic (exact) mass is 345 g/mol. The fraction of sp³-hybridized carbons (Fsp3) is 0.444. The van der Waals surface area contributed by atoms with Gasteiger partial charge in [0, 0.05) is 49.4 Å². The molecular weight excluding hydrogens is 322 g/mol. The van der Waals surface area contributed by atoms with Gasteiger partial charge in [0.25, 0.3) is 0 Å². The smallest absolute Gasteiger partial charge is 0.228 e. The van der Waals surface area contributed by atoms with E-state index in [-0.39, 0.29) is 11.8 Å². The molecule has 1 aliphatic heterocycles. The summed E-state index contributed by atoms with van der Waals surface area (Å²) in [6.45, 7) is 2.74. The van der Waals surface area contributed by atoms with Crippen LogP contribution in [-0.4, -0.2) is 52.8 Å². The SMILES string of the molecule is O=C(CCc1cccs1)N1CCCN(C(=O)Cc2ccc[nH]2)CC1. The Bertz CT molecular complexity index is 652. The van der Waals surface area contributed by atoms with E-state index < -0.39 is 0 Å². The predicted molar refractivity (Wildman–Crippen MR) is 94.9 cm³/mol. The van der Waals surface area contributed by atoms with E-state index in [9.17, 15) is 9.59 Å². The molecule has 0 unspecified atom stereocenters. The Balaban J connectivity index is 1.47. The van der Waals surface area contributed by atoms with Gasteiger partial charge in [0.05, 0.1) is 6.42 Å². The molecule has 1 fully saturated rings. The molecule has 0 bridgehead atoms. The predicted octanol–water partition coefficient (Wildman–Crippen LogP) is 2.31. The van der Waals surface area contributed by atoms with E-state index >= 15 is 0 Å². The standard InChI is InChI=1S/C18H23N3O2S/c22-17(7-6-16-5-2-13-24-16)20-9-3-10-21(12-11-20)18(23)14-15-4-1-8-19-15/h1-2,4-5,8,13,19H,3,6-7,9-12,14H2. The molecule has 3 rings (SSSR count). The third kappa shape index (κ3) is 4.47. The van der Waals surface area contributed by atoms with Crippen LogP contribution in [0.4, 0.5) is 0 Å². The molecule has 0 radical (unpaired) electrons. The minimum Gasteiger partial charge on any atom is -0.365 e. The molecule has 0 atom stereocenters. The number of amides is 2. The number of H-pyrrole nitrogens is 1. The summed E-state index contributed by atoms with van der Waals surface area (Å²) in [6.07, 6.45) is 4.44. The average Bonchev–Trinajstić information content (AvgIpc) is 3.22. The van der Waals surface area contributed by atoms with Crippen molar-refractivity contribution in [3.8, 4) is 0 Å². The molecule has 2 aromatic rings. The van der Waals surface area contributed by atoms with Crippen molar-refractivity contribution in [2.45, 2.75) is 25.7 Å². The maximum atomic E-state index is 12.4. The van der Waals surface area contributed by atoms with Gasteiger partial charge in [-0.15, -0.1) is 11.3 Å². The van der Waals surface area contributed by atoms with Crippen LogP contribution in [0.3, 0.4) is 0 Å². The number of carbonyl (C=O) groups is 2. The van der Waals surface area contributed by atoms with Crippen molar-refractivity contribution in [3.05, 3.63) is 46.4 Å². The fourth-order valence-corrected chi connectivity index (χ4v) is 3.72. The minimum atomic E-state index is 0.130. The van der Waals surface area contributed by atoms with Gasteiger partial charge >= 0.3 is 0 Å². The number of aromatic amines is 1. The highest BCUT2D eigenvalue weighted by molar-refractivity contribution is 7.09. The molecule has 0 spiro atoms. The van der Waals surface area contributed by atoms with Gasteiger partial charge in [-0.05, 0) is 36.4 Å². The molecule has 2 amide bonds. The lowest BCUT2D eigenvalue weighted by atomic mass is 10.2. The summed E-state index contributed by atoms with van der Waals surface area (Å²) < 4.78 is 0. The number of carbonyl (C=O) groups excluding carboxylic acids is 2. The van der Waals surface area contributed by atoms with E-state index in [2.05, 4.69) is 11.1 Å². The topological polar surface area (TPSA) is 56.4 Å². The molecule has 1 N–H and O–H groups in total. The normalized spacial score (nSPS) is 15.3. The number of nitrogens with one attached hydrogen (secondary N) is 1. The van der Waals surface area contributed by atoms with E-state index in [1.807, 2.05) is 39.6 Å². The van der Waals surface area contributed by atoms with Crippen LogP contribution in [0.1, 0.15) is 23.4 Å². The fourth-order valence-electron chi connectivity index (χ4n) is 3.01. The van der Waals surface area contributed by atoms with Crippen LogP contribution in [0, 0.1) is 0 Å². The van der Waals surface area contributed by atoms with Crippen LogP contribution in [-0.2, 0) is 22.4 Å². The van der Waals surface area contributed by atoms with E-state index in [0.717, 1.165) is 31.6 Å². The molecule has 6 heteroatoms. The van der Waals surface area contributed by atoms with Crippen molar-refractivity contribution in [1.29, 1.82) is 0 Å². The van der Waals surface area contributed by atoms with Crippen LogP contribution in [0.25, 0.3) is 0 Å². The van der Waals surface area contributed by atoms with Crippen molar-refractivity contribution in [2.24, 2.45) is 0 Å². The highest BCUT2D eigenvalue weighted by atomic mass is 32.1. The number of hydrogen-bond donors (Lipinski definition) is 1. The Morgan fingerprint density at radius 3 is 2.50 bits per heavy atom. The number of aryl methyl sites for hydroxylation is 1. The largest absolute Gasteiger partial charge is 0.365 e. The minimum absolute atomic E-state index is 0.130. The highest BCUT2D eigenvalue weighted by Crippen LogP contribution is 2.13. The van der Waals surface area contributed by atoms with E-state index in [4.69, 9.17) is 0 Å². The summed E-state index contributed by atoms with van der Waals surface area (Å²) in [5.41, 5.74) is 0.938. The number of nitrogens with zero attached hydrogens (tertiary/aromatic N) is 2. The molecule has 1 aliphatic rings. The second kappa shape index (κ2) is 8.15. The number of thiophene rings is 1. The van der Waals surface area contributed by atoms with Crippen molar-refractivity contribution in [1.82, 2.24) is 14.8 Å². The molecule has 0 aromatic carbocycles. The summed E-state index contributed by atoms with van der Waals surface area (Å²) in [6, 6.07) is 7.92. The number of aromatic nitrogens is 1. The van der Waals surface area contributed by atoms with Gasteiger partial charge in [0.15, 0.2) is 0 Å². The van der Waals surface area contributed by atoms with Gasteiger partial charge in [0.2, 0.25) is 11.8 Å². The van der Waals surface area contributed by atoms with Crippen molar-refractivity contribution in [3.63, 3.8) is 0 Å². The third-order valence-electron chi connectivity index (χ3n) is 4.37. The van der Waals surface area contributed by atoms with Crippen LogP contribution in [0.2, 0.25) is 0 Å². The van der Waals surface area contributed by atoms with Gasteiger partial charge < -0.3 is 14.8 Å². The summed E-state index contributed by atoms with van der Waals surface area (Å²) in [5.74, 6) is 0.326. The maximum Gasteiger partial charge on any atom is 0.228 e. The summed E-state index contributed by atoms with van der Waals surface area (Å²) in [7, 11) is 0. The molecule has 2 aromatic heterocycles. The molecule has 0 saturated carbocycles. The second-order valence-electron chi connectivity index (χ2n) is 6.07. The molecule has 24 heavy (non-hydrogen) atoms. The average molecular weight is 345 g/mol. The molecular formula is C18H23N3O2S. The van der Waals surface area contributed by atoms with Crippen LogP contribution in [0.15, 0.2) is 35.8 Å². The Kier molecular flexibility index (Phi) is 5.69. The first-order valence-corrected chi connectivity index (χ1v) is 9.30. The Morgan fingerprint density at radius 2 is 1.83 bits per heavy atom. The zero-order chi connectivity index (χ0) is 16.8. The first-order chi connectivity index (χ1) is 11.7. The number of hydrogen-bond acceptors (Lipinski definition) is 3. The van der Waals surface area contributed by atoms with Crippen molar-refractivity contribution >= 4 is 23.2 Å². The third-order valence-corrected chi connectivity index (χ3v) is 5.31. The van der Waals surface area contributed by atoms with E-state index in [1.54, 1.807) is 11.3 Å². The lowest BCUT2D eigenvalue weighted by Gasteiger charge is -2.22. The summed E-state index contributed by atoms with van der Waals surface area (Å²) >= 11 is 1.70. The van der Waals surface area contributed by atoms with Gasteiger partial charge in [-0.3, -0.25) is 9.59 Å². The second-order valence-corrected chi connectivity index (χ2v) is 7.10. The van der Waals surface area contributed by atoms with Crippen molar-refractivity contribution < 1.29 is 9.59 Å². The van der Waals surface area contributed by atoms with Crippen LogP contribution < -0.4 is 0 Å². The molecule has 0 aliphatic carbocycles. The Morgan fingerprint density at radius 1 is 1.04 bits per heavy atom. The first kappa shape index (κ1) is 16.8.